The van der Waals surface area contributed by atoms with Crippen molar-refractivity contribution in [2.24, 2.45) is 0 Å². The average molecular weight is 235 g/mol. The molecule has 0 radical (unpaired) electrons. The highest BCUT2D eigenvalue weighted by atomic mass is 32.2. The van der Waals surface area contributed by atoms with Crippen LogP contribution in [0.4, 0.5) is 0 Å². The lowest BCUT2D eigenvalue weighted by Gasteiger charge is -1.93. The quantitative estimate of drug-likeness (QED) is 0.789. The molecule has 0 aromatic carbocycles. The first-order chi connectivity index (χ1) is 6.51. The Balaban J connectivity index is 2.59. The number of hydrogen-bond donors (Lipinski definition) is 1. The van der Waals surface area contributed by atoms with E-state index < -0.39 is 9.84 Å². The van der Waals surface area contributed by atoms with Crippen molar-refractivity contribution in [3.63, 3.8) is 0 Å². The molecule has 0 fully saturated rings. The molecule has 0 saturated heterocycles. The minimum absolute atomic E-state index is 0.0171. The van der Waals surface area contributed by atoms with Crippen LogP contribution < -0.4 is 5.32 Å². The highest BCUT2D eigenvalue weighted by Crippen LogP contribution is 2.11. The second-order valence-electron chi connectivity index (χ2n) is 2.94. The summed E-state index contributed by atoms with van der Waals surface area (Å²) in [6.07, 6.45) is 1.19. The monoisotopic (exact) mass is 235 g/mol. The Kier molecular flexibility index (Phi) is 3.97. The van der Waals surface area contributed by atoms with Crippen LogP contribution >= 0.6 is 11.3 Å². The summed E-state index contributed by atoms with van der Waals surface area (Å²) in [6, 6.07) is 0. The molecule has 0 unspecified atom stereocenters. The average Bonchev–Trinajstić information content (AvgIpc) is 2.46. The Morgan fingerprint density at radius 3 is 2.57 bits per heavy atom. The van der Waals surface area contributed by atoms with Crippen LogP contribution in [-0.4, -0.2) is 31.4 Å². The van der Waals surface area contributed by atoms with Crippen molar-refractivity contribution in [2.75, 3.05) is 12.8 Å². The molecule has 1 heterocycles. The topological polar surface area (TPSA) is 72.0 Å². The molecule has 7 heteroatoms. The van der Waals surface area contributed by atoms with Crippen LogP contribution in [0.25, 0.3) is 0 Å². The van der Waals surface area contributed by atoms with E-state index >= 15 is 0 Å². The summed E-state index contributed by atoms with van der Waals surface area (Å²) in [6.45, 7) is 3.51. The summed E-state index contributed by atoms with van der Waals surface area (Å²) in [7, 11) is -3.00. The van der Waals surface area contributed by atoms with E-state index in [2.05, 4.69) is 15.5 Å². The van der Waals surface area contributed by atoms with E-state index in [1.165, 1.54) is 17.6 Å². The SMILES string of the molecule is CCNCc1nnc(CS(C)(=O)=O)s1. The third kappa shape index (κ3) is 4.12. The zero-order valence-corrected chi connectivity index (χ0v) is 9.78. The van der Waals surface area contributed by atoms with Gasteiger partial charge in [-0.3, -0.25) is 0 Å². The lowest BCUT2D eigenvalue weighted by atomic mass is 10.6. The Labute approximate surface area is 87.5 Å². The maximum absolute atomic E-state index is 10.9. The molecule has 0 spiro atoms. The van der Waals surface area contributed by atoms with Gasteiger partial charge in [0, 0.05) is 12.8 Å². The van der Waals surface area contributed by atoms with Gasteiger partial charge < -0.3 is 5.32 Å². The van der Waals surface area contributed by atoms with E-state index in [0.29, 0.717) is 11.6 Å². The van der Waals surface area contributed by atoms with Gasteiger partial charge >= 0.3 is 0 Å². The molecule has 0 aliphatic heterocycles. The first-order valence-corrected chi connectivity index (χ1v) is 7.08. The standard InChI is InChI=1S/C7H13N3O2S2/c1-3-8-4-6-9-10-7(13-6)5-14(2,11)12/h8H,3-5H2,1-2H3. The molecular weight excluding hydrogens is 222 g/mol. The van der Waals surface area contributed by atoms with Crippen LogP contribution in [0.1, 0.15) is 16.9 Å². The highest BCUT2D eigenvalue weighted by Gasteiger charge is 2.09. The maximum atomic E-state index is 10.9. The Bertz CT molecular complexity index is 385. The van der Waals surface area contributed by atoms with Gasteiger partial charge in [0.05, 0.1) is 0 Å². The summed E-state index contributed by atoms with van der Waals surface area (Å²) in [5, 5.41) is 12.2. The van der Waals surface area contributed by atoms with Crippen LogP contribution in [0.15, 0.2) is 0 Å². The first-order valence-electron chi connectivity index (χ1n) is 4.21. The molecular formula is C7H13N3O2S2. The van der Waals surface area contributed by atoms with E-state index in [0.717, 1.165) is 11.6 Å². The van der Waals surface area contributed by atoms with E-state index in [-0.39, 0.29) is 5.75 Å². The molecule has 0 bridgehead atoms. The smallest absolute Gasteiger partial charge is 0.154 e. The number of sulfone groups is 1. The minimum atomic E-state index is -3.00. The number of nitrogens with zero attached hydrogens (tertiary/aromatic N) is 2. The molecule has 0 aliphatic rings. The van der Waals surface area contributed by atoms with Crippen molar-refractivity contribution < 1.29 is 8.42 Å². The van der Waals surface area contributed by atoms with Crippen LogP contribution in [-0.2, 0) is 22.1 Å². The predicted molar refractivity (Wildman–Crippen MR) is 55.8 cm³/mol. The second kappa shape index (κ2) is 4.81. The van der Waals surface area contributed by atoms with Crippen LogP contribution in [0.2, 0.25) is 0 Å². The largest absolute Gasteiger partial charge is 0.311 e. The third-order valence-corrected chi connectivity index (χ3v) is 3.32. The molecule has 14 heavy (non-hydrogen) atoms. The van der Waals surface area contributed by atoms with Crippen molar-refractivity contribution >= 4 is 21.2 Å². The molecule has 1 N–H and O–H groups in total. The van der Waals surface area contributed by atoms with Gasteiger partial charge in [0.1, 0.15) is 15.8 Å². The summed E-state index contributed by atoms with van der Waals surface area (Å²) in [5.41, 5.74) is 0. The van der Waals surface area contributed by atoms with Crippen molar-refractivity contribution in [1.82, 2.24) is 15.5 Å². The molecule has 0 aliphatic carbocycles. The maximum Gasteiger partial charge on any atom is 0.154 e. The molecule has 1 aromatic heterocycles. The third-order valence-electron chi connectivity index (χ3n) is 1.42. The fourth-order valence-electron chi connectivity index (χ4n) is 0.874. The molecule has 5 nitrogen and oxygen atoms in total. The molecule has 0 amide bonds. The zero-order chi connectivity index (χ0) is 10.6. The van der Waals surface area contributed by atoms with Crippen LogP contribution in [0.3, 0.4) is 0 Å². The summed E-state index contributed by atoms with van der Waals surface area (Å²) >= 11 is 1.34. The number of nitrogens with one attached hydrogen (secondary N) is 1. The number of rotatable bonds is 5. The number of aromatic nitrogens is 2. The second-order valence-corrected chi connectivity index (χ2v) is 6.23. The normalized spacial score (nSPS) is 11.9. The van der Waals surface area contributed by atoms with Crippen molar-refractivity contribution in [2.45, 2.75) is 19.2 Å². The molecule has 0 saturated carbocycles. The Morgan fingerprint density at radius 1 is 1.36 bits per heavy atom. The fourth-order valence-corrected chi connectivity index (χ4v) is 2.87. The van der Waals surface area contributed by atoms with Gasteiger partial charge in [-0.15, -0.1) is 10.2 Å². The van der Waals surface area contributed by atoms with Gasteiger partial charge in [0.2, 0.25) is 0 Å². The van der Waals surface area contributed by atoms with Crippen LogP contribution in [0, 0.1) is 0 Å². The summed E-state index contributed by atoms with van der Waals surface area (Å²) < 4.78 is 21.9. The van der Waals surface area contributed by atoms with E-state index in [1.807, 2.05) is 6.92 Å². The molecule has 1 rings (SSSR count). The Hall–Kier alpha value is -0.530. The summed E-state index contributed by atoms with van der Waals surface area (Å²) in [5.74, 6) is -0.0171. The minimum Gasteiger partial charge on any atom is -0.311 e. The van der Waals surface area contributed by atoms with Gasteiger partial charge in [-0.05, 0) is 6.54 Å². The van der Waals surface area contributed by atoms with E-state index in [1.54, 1.807) is 0 Å². The van der Waals surface area contributed by atoms with Crippen molar-refractivity contribution in [3.05, 3.63) is 10.0 Å². The molecule has 1 aromatic rings. The van der Waals surface area contributed by atoms with Gasteiger partial charge in [-0.1, -0.05) is 18.3 Å². The van der Waals surface area contributed by atoms with Gasteiger partial charge in [-0.25, -0.2) is 8.42 Å². The van der Waals surface area contributed by atoms with Gasteiger partial charge in [0.25, 0.3) is 0 Å². The lowest BCUT2D eigenvalue weighted by Crippen LogP contribution is -2.11. The first kappa shape index (κ1) is 11.5. The number of hydrogen-bond acceptors (Lipinski definition) is 6. The van der Waals surface area contributed by atoms with E-state index in [4.69, 9.17) is 0 Å². The van der Waals surface area contributed by atoms with Crippen molar-refractivity contribution in [1.29, 1.82) is 0 Å². The molecule has 0 atom stereocenters. The lowest BCUT2D eigenvalue weighted by molar-refractivity contribution is 0.600. The van der Waals surface area contributed by atoms with Gasteiger partial charge in [0.15, 0.2) is 9.84 Å². The highest BCUT2D eigenvalue weighted by molar-refractivity contribution is 7.90. The van der Waals surface area contributed by atoms with Gasteiger partial charge in [-0.2, -0.15) is 0 Å². The summed E-state index contributed by atoms with van der Waals surface area (Å²) in [4.78, 5) is 0. The molecule has 80 valence electrons. The zero-order valence-electron chi connectivity index (χ0n) is 8.15. The Morgan fingerprint density at radius 2 is 2.00 bits per heavy atom. The van der Waals surface area contributed by atoms with E-state index in [9.17, 15) is 8.42 Å². The fraction of sp³-hybridized carbons (Fsp3) is 0.714. The van der Waals surface area contributed by atoms with Crippen LogP contribution in [0.5, 0.6) is 0 Å². The predicted octanol–water partition coefficient (Wildman–Crippen LogP) is 0.192. The van der Waals surface area contributed by atoms with Crippen molar-refractivity contribution in [3.8, 4) is 0 Å².